The number of fused-ring (bicyclic) bond motifs is 1. The monoisotopic (exact) mass is 222 g/mol. The highest BCUT2D eigenvalue weighted by molar-refractivity contribution is 5.88. The molecule has 2 rings (SSSR count). The summed E-state index contributed by atoms with van der Waals surface area (Å²) in [6.07, 6.45) is 3.85. The smallest absolute Gasteiger partial charge is 0.358 e. The Kier molecular flexibility index (Phi) is 2.99. The van der Waals surface area contributed by atoms with E-state index >= 15 is 0 Å². The Morgan fingerprint density at radius 1 is 1.62 bits per heavy atom. The number of esters is 1. The summed E-state index contributed by atoms with van der Waals surface area (Å²) in [5.74, 6) is 0.972. The molecule has 0 saturated heterocycles. The molecule has 16 heavy (non-hydrogen) atoms. The second-order valence-electron chi connectivity index (χ2n) is 4.72. The van der Waals surface area contributed by atoms with Crippen molar-refractivity contribution in [2.75, 3.05) is 7.11 Å². The fourth-order valence-corrected chi connectivity index (χ4v) is 2.31. The third-order valence-corrected chi connectivity index (χ3v) is 3.46. The number of hydrogen-bond donors (Lipinski definition) is 0. The zero-order chi connectivity index (χ0) is 11.7. The molecule has 1 unspecified atom stereocenters. The van der Waals surface area contributed by atoms with E-state index in [4.69, 9.17) is 4.74 Å². The van der Waals surface area contributed by atoms with Crippen LogP contribution in [-0.4, -0.2) is 22.6 Å². The molecule has 1 aliphatic heterocycles. The van der Waals surface area contributed by atoms with Gasteiger partial charge in [0.15, 0.2) is 5.69 Å². The molecular formula is C12H18N2O2. The van der Waals surface area contributed by atoms with Gasteiger partial charge < -0.3 is 9.30 Å². The van der Waals surface area contributed by atoms with Gasteiger partial charge in [0.05, 0.1) is 19.1 Å². The molecule has 0 aliphatic carbocycles. The van der Waals surface area contributed by atoms with Crippen LogP contribution in [0.3, 0.4) is 0 Å². The van der Waals surface area contributed by atoms with Crippen LogP contribution in [0.25, 0.3) is 0 Å². The predicted octanol–water partition coefficient (Wildman–Crippen LogP) is 1.89. The van der Waals surface area contributed by atoms with Crippen molar-refractivity contribution in [1.82, 2.24) is 9.55 Å². The summed E-state index contributed by atoms with van der Waals surface area (Å²) in [4.78, 5) is 15.7. The molecule has 1 aliphatic rings. The third kappa shape index (κ3) is 1.84. The van der Waals surface area contributed by atoms with Crippen LogP contribution in [0.15, 0.2) is 6.33 Å². The van der Waals surface area contributed by atoms with Gasteiger partial charge >= 0.3 is 5.97 Å². The Labute approximate surface area is 95.6 Å². The normalized spacial score (nSPS) is 19.6. The molecule has 0 bridgehead atoms. The van der Waals surface area contributed by atoms with Gasteiger partial charge in [-0.3, -0.25) is 0 Å². The van der Waals surface area contributed by atoms with Crippen LogP contribution in [0.4, 0.5) is 0 Å². The zero-order valence-electron chi connectivity index (χ0n) is 10.1. The molecule has 4 nitrogen and oxygen atoms in total. The summed E-state index contributed by atoms with van der Waals surface area (Å²) < 4.78 is 6.82. The van der Waals surface area contributed by atoms with Crippen molar-refractivity contribution in [2.45, 2.75) is 33.2 Å². The molecule has 1 aromatic rings. The largest absolute Gasteiger partial charge is 0.464 e. The van der Waals surface area contributed by atoms with Gasteiger partial charge in [-0.15, -0.1) is 0 Å². The lowest BCUT2D eigenvalue weighted by atomic mass is 9.85. The van der Waals surface area contributed by atoms with Crippen LogP contribution in [0.1, 0.15) is 36.5 Å². The summed E-state index contributed by atoms with van der Waals surface area (Å²) in [5.41, 5.74) is 1.53. The summed E-state index contributed by atoms with van der Waals surface area (Å²) in [5, 5.41) is 0. The van der Waals surface area contributed by atoms with Crippen molar-refractivity contribution in [2.24, 2.45) is 11.8 Å². The topological polar surface area (TPSA) is 44.1 Å². The summed E-state index contributed by atoms with van der Waals surface area (Å²) in [7, 11) is 1.40. The van der Waals surface area contributed by atoms with E-state index in [1.165, 1.54) is 13.5 Å². The van der Waals surface area contributed by atoms with E-state index in [0.29, 0.717) is 17.5 Å². The summed E-state index contributed by atoms with van der Waals surface area (Å²) in [6, 6.07) is 0. The van der Waals surface area contributed by atoms with Gasteiger partial charge in [0, 0.05) is 6.54 Å². The molecule has 0 aromatic carbocycles. The average Bonchev–Trinajstić information content (AvgIpc) is 2.70. The maximum Gasteiger partial charge on any atom is 0.358 e. The Balaban J connectivity index is 2.27. The van der Waals surface area contributed by atoms with Gasteiger partial charge in [-0.1, -0.05) is 13.8 Å². The standard InChI is InChI=1S/C12H18N2O2/c1-8(2)9-4-5-14-7-13-11(10(14)6-9)12(15)16-3/h7-9H,4-6H2,1-3H3. The van der Waals surface area contributed by atoms with Crippen LogP contribution in [0.5, 0.6) is 0 Å². The molecule has 0 N–H and O–H groups in total. The van der Waals surface area contributed by atoms with Crippen LogP contribution in [-0.2, 0) is 17.7 Å². The van der Waals surface area contributed by atoms with Crippen molar-refractivity contribution in [1.29, 1.82) is 0 Å². The van der Waals surface area contributed by atoms with Crippen molar-refractivity contribution in [3.63, 3.8) is 0 Å². The molecule has 0 radical (unpaired) electrons. The molecule has 0 fully saturated rings. The van der Waals surface area contributed by atoms with Gasteiger partial charge in [-0.25, -0.2) is 9.78 Å². The first kappa shape index (κ1) is 11.2. The van der Waals surface area contributed by atoms with Crippen LogP contribution in [0.2, 0.25) is 0 Å². The van der Waals surface area contributed by atoms with E-state index in [1.54, 1.807) is 6.33 Å². The lowest BCUT2D eigenvalue weighted by molar-refractivity contribution is 0.0592. The number of aryl methyl sites for hydroxylation is 1. The third-order valence-electron chi connectivity index (χ3n) is 3.46. The second-order valence-corrected chi connectivity index (χ2v) is 4.72. The SMILES string of the molecule is COC(=O)c1ncn2c1CC(C(C)C)CC2. The predicted molar refractivity (Wildman–Crippen MR) is 60.2 cm³/mol. The van der Waals surface area contributed by atoms with E-state index in [9.17, 15) is 4.79 Å². The van der Waals surface area contributed by atoms with Gasteiger partial charge in [0.25, 0.3) is 0 Å². The van der Waals surface area contributed by atoms with Crippen molar-refractivity contribution in [3.8, 4) is 0 Å². The van der Waals surface area contributed by atoms with E-state index in [0.717, 1.165) is 18.7 Å². The molecule has 1 aromatic heterocycles. The number of nitrogens with zero attached hydrogens (tertiary/aromatic N) is 2. The number of methoxy groups -OCH3 is 1. The van der Waals surface area contributed by atoms with Crippen molar-refractivity contribution >= 4 is 5.97 Å². The Morgan fingerprint density at radius 3 is 3.00 bits per heavy atom. The Morgan fingerprint density at radius 2 is 2.38 bits per heavy atom. The van der Waals surface area contributed by atoms with Crippen LogP contribution in [0, 0.1) is 11.8 Å². The highest BCUT2D eigenvalue weighted by Gasteiger charge is 2.27. The number of carbonyl (C=O) groups is 1. The molecule has 0 amide bonds. The quantitative estimate of drug-likeness (QED) is 0.718. The number of hydrogen-bond acceptors (Lipinski definition) is 3. The minimum absolute atomic E-state index is 0.321. The summed E-state index contributed by atoms with van der Waals surface area (Å²) in [6.45, 7) is 5.42. The lowest BCUT2D eigenvalue weighted by Gasteiger charge is -2.27. The van der Waals surface area contributed by atoms with E-state index in [2.05, 4.69) is 23.4 Å². The second kappa shape index (κ2) is 4.28. The maximum atomic E-state index is 11.5. The molecule has 0 saturated carbocycles. The van der Waals surface area contributed by atoms with Crippen molar-refractivity contribution in [3.05, 3.63) is 17.7 Å². The summed E-state index contributed by atoms with van der Waals surface area (Å²) >= 11 is 0. The fraction of sp³-hybridized carbons (Fsp3) is 0.667. The first-order valence-electron chi connectivity index (χ1n) is 5.75. The van der Waals surface area contributed by atoms with Gasteiger partial charge in [0.1, 0.15) is 0 Å². The number of rotatable bonds is 2. The minimum Gasteiger partial charge on any atom is -0.464 e. The first-order valence-corrected chi connectivity index (χ1v) is 5.75. The highest BCUT2D eigenvalue weighted by atomic mass is 16.5. The molecule has 2 heterocycles. The maximum absolute atomic E-state index is 11.5. The molecule has 4 heteroatoms. The first-order chi connectivity index (χ1) is 7.63. The zero-order valence-corrected chi connectivity index (χ0v) is 10.1. The van der Waals surface area contributed by atoms with Crippen LogP contribution >= 0.6 is 0 Å². The lowest BCUT2D eigenvalue weighted by Crippen LogP contribution is -2.24. The van der Waals surface area contributed by atoms with Crippen molar-refractivity contribution < 1.29 is 9.53 Å². The number of ether oxygens (including phenoxy) is 1. The molecule has 0 spiro atoms. The number of aromatic nitrogens is 2. The molecule has 1 atom stereocenters. The molecule has 88 valence electrons. The number of carbonyl (C=O) groups excluding carboxylic acids is 1. The Bertz CT molecular complexity index is 396. The van der Waals surface area contributed by atoms with Gasteiger partial charge in [-0.2, -0.15) is 0 Å². The van der Waals surface area contributed by atoms with Crippen LogP contribution < -0.4 is 0 Å². The highest BCUT2D eigenvalue weighted by Crippen LogP contribution is 2.28. The number of imidazole rings is 1. The van der Waals surface area contributed by atoms with Gasteiger partial charge in [0.2, 0.25) is 0 Å². The minimum atomic E-state index is -0.321. The van der Waals surface area contributed by atoms with Gasteiger partial charge in [-0.05, 0) is 24.7 Å². The average molecular weight is 222 g/mol. The van der Waals surface area contributed by atoms with E-state index in [-0.39, 0.29) is 5.97 Å². The fourth-order valence-electron chi connectivity index (χ4n) is 2.31. The molecular weight excluding hydrogens is 204 g/mol. The van der Waals surface area contributed by atoms with E-state index in [1.807, 2.05) is 0 Å². The Hall–Kier alpha value is -1.32. The van der Waals surface area contributed by atoms with E-state index < -0.39 is 0 Å².